The van der Waals surface area contributed by atoms with Gasteiger partial charge in [-0.3, -0.25) is 18.0 Å². The second-order valence-corrected chi connectivity index (χ2v) is 13.9. The first-order valence-corrected chi connectivity index (χ1v) is 17.6. The van der Waals surface area contributed by atoms with E-state index >= 15 is 0 Å². The Morgan fingerprint density at radius 3 is 2.00 bits per heavy atom. The van der Waals surface area contributed by atoms with Gasteiger partial charge in [0, 0.05) is 25.2 Å². The van der Waals surface area contributed by atoms with E-state index in [1.54, 1.807) is 13.8 Å². The van der Waals surface area contributed by atoms with Crippen LogP contribution in [0.15, 0.2) is 34.4 Å². The molecule has 12 heteroatoms. The third kappa shape index (κ3) is 16.3. The summed E-state index contributed by atoms with van der Waals surface area (Å²) >= 11 is 0. The van der Waals surface area contributed by atoms with Crippen LogP contribution in [0.5, 0.6) is 0 Å². The van der Waals surface area contributed by atoms with E-state index in [4.69, 9.17) is 5.73 Å². The highest BCUT2D eigenvalue weighted by atomic mass is 32.2. The van der Waals surface area contributed by atoms with Gasteiger partial charge in [-0.2, -0.15) is 16.8 Å². The van der Waals surface area contributed by atoms with Crippen LogP contribution < -0.4 is 11.1 Å². The number of nitrogens with one attached hydrogen (secondary N) is 1. The van der Waals surface area contributed by atoms with Gasteiger partial charge in [-0.05, 0) is 49.5 Å². The van der Waals surface area contributed by atoms with Crippen LogP contribution in [0.3, 0.4) is 0 Å². The third-order valence-electron chi connectivity index (χ3n) is 7.16. The van der Waals surface area contributed by atoms with Crippen LogP contribution in [-0.4, -0.2) is 54.7 Å². The zero-order valence-corrected chi connectivity index (χ0v) is 27.5. The first-order valence-electron chi connectivity index (χ1n) is 14.6. The Bertz CT molecular complexity index is 1230. The summed E-state index contributed by atoms with van der Waals surface area (Å²) in [5.74, 6) is -3.80. The summed E-state index contributed by atoms with van der Waals surface area (Å²) in [6, 6.07) is -0.729. The van der Waals surface area contributed by atoms with E-state index in [1.165, 1.54) is 19.3 Å². The molecule has 0 saturated heterocycles. The number of allylic oxidation sites excluding steroid dienone is 1. The predicted octanol–water partition coefficient (Wildman–Crippen LogP) is 4.88. The average Bonchev–Trinajstić information content (AvgIpc) is 2.93. The van der Waals surface area contributed by atoms with E-state index in [-0.39, 0.29) is 19.2 Å². The summed E-state index contributed by atoms with van der Waals surface area (Å²) in [5, 5.41) is 2.84. The highest BCUT2D eigenvalue weighted by Crippen LogP contribution is 2.29. The van der Waals surface area contributed by atoms with Gasteiger partial charge in [0.2, 0.25) is 11.8 Å². The number of rotatable bonds is 23. The fraction of sp³-hybridized carbons (Fsp3) is 0.733. The minimum atomic E-state index is -4.20. The van der Waals surface area contributed by atoms with Gasteiger partial charge in [0.25, 0.3) is 10.1 Å². The molecule has 0 aliphatic rings. The third-order valence-corrected chi connectivity index (χ3v) is 9.96. The molecule has 3 N–H and O–H groups in total. The number of nitrogens with two attached hydrogens (primary N) is 1. The van der Waals surface area contributed by atoms with Gasteiger partial charge < -0.3 is 11.1 Å². The first-order chi connectivity index (χ1) is 19.8. The summed E-state index contributed by atoms with van der Waals surface area (Å²) in [6.07, 6.45) is 9.31. The largest absolute Gasteiger partial charge is 0.369 e. The zero-order chi connectivity index (χ0) is 32.2. The number of amides is 2. The van der Waals surface area contributed by atoms with Crippen molar-refractivity contribution in [1.29, 1.82) is 0 Å². The number of hydrogen-bond donors (Lipinski definition) is 2. The molecule has 0 aliphatic carbocycles. The van der Waals surface area contributed by atoms with Crippen LogP contribution in [0, 0.1) is 17.8 Å². The Morgan fingerprint density at radius 1 is 0.905 bits per heavy atom. The number of carbonyl (C=O) groups excluding carboxylic acids is 2. The van der Waals surface area contributed by atoms with Crippen molar-refractivity contribution in [3.05, 3.63) is 34.4 Å². The minimum absolute atomic E-state index is 0. The van der Waals surface area contributed by atoms with Crippen LogP contribution in [-0.2, 0) is 38.2 Å². The molecule has 0 heterocycles. The van der Waals surface area contributed by atoms with Gasteiger partial charge in [-0.1, -0.05) is 77.9 Å². The number of carbonyl (C=O) groups is 2. The van der Waals surface area contributed by atoms with Crippen molar-refractivity contribution in [3.8, 4) is 0 Å². The van der Waals surface area contributed by atoms with E-state index in [0.717, 1.165) is 39.9 Å². The van der Waals surface area contributed by atoms with Gasteiger partial charge in [0.15, 0.2) is 0 Å². The molecule has 4 atom stereocenters. The van der Waals surface area contributed by atoms with Crippen molar-refractivity contribution in [1.82, 2.24) is 5.32 Å². The van der Waals surface area contributed by atoms with Gasteiger partial charge >= 0.3 is 10.1 Å². The molecule has 242 valence electrons. The van der Waals surface area contributed by atoms with Crippen molar-refractivity contribution >= 4 is 32.1 Å². The second-order valence-electron chi connectivity index (χ2n) is 10.5. The fourth-order valence-electron chi connectivity index (χ4n) is 4.69. The summed E-state index contributed by atoms with van der Waals surface area (Å²) in [4.78, 5) is 25.4. The van der Waals surface area contributed by atoms with Gasteiger partial charge in [-0.15, -0.1) is 0 Å². The molecule has 0 aliphatic heterocycles. The molecule has 0 bridgehead atoms. The van der Waals surface area contributed by atoms with E-state index in [9.17, 15) is 26.4 Å². The van der Waals surface area contributed by atoms with E-state index in [1.807, 2.05) is 0 Å². The summed E-state index contributed by atoms with van der Waals surface area (Å²) < 4.78 is 59.1. The number of hydrogen-bond acceptors (Lipinski definition) is 8. The lowest BCUT2D eigenvalue weighted by molar-refractivity contribution is -0.128. The highest BCUT2D eigenvalue weighted by Gasteiger charge is 2.33. The highest BCUT2D eigenvalue weighted by molar-refractivity contribution is 7.90. The van der Waals surface area contributed by atoms with E-state index in [2.05, 4.69) is 50.1 Å². The molecule has 10 nitrogen and oxygen atoms in total. The monoisotopic (exact) mass is 632 g/mol. The zero-order valence-electron chi connectivity index (χ0n) is 25.9. The standard InChI is InChI=1S/C30H50N2O8S2.H2/c1-7-10-12-13-14-15-16-18-19-27(23-41(35,36)39-5)32-30(34)26(22-25(9-3)29(31)33)21-24(4)28(20-17-11-8-2)42(37,38)40-6;/h24-27H,2,7,9-10,12-16,18-19,21-23H2,1,3-6H3,(H2,31,33)(H,32,34);1H. The Hall–Kier alpha value is -2.38. The molecule has 2 amide bonds. The fourth-order valence-corrected chi connectivity index (χ4v) is 6.51. The lowest BCUT2D eigenvalue weighted by Gasteiger charge is -2.26. The molecule has 0 radical (unpaired) electrons. The van der Waals surface area contributed by atoms with Crippen LogP contribution >= 0.6 is 0 Å². The van der Waals surface area contributed by atoms with Crippen molar-refractivity contribution in [2.45, 2.75) is 104 Å². The summed E-state index contributed by atoms with van der Waals surface area (Å²) in [6.45, 7) is 8.85. The summed E-state index contributed by atoms with van der Waals surface area (Å²) in [7, 11) is -6.01. The Morgan fingerprint density at radius 2 is 1.50 bits per heavy atom. The maximum Gasteiger partial charge on any atom is 0.301 e. The lowest BCUT2D eigenvalue weighted by Crippen LogP contribution is -2.44. The maximum absolute atomic E-state index is 13.6. The van der Waals surface area contributed by atoms with Gasteiger partial charge in [0.05, 0.1) is 20.0 Å². The molecule has 4 unspecified atom stereocenters. The van der Waals surface area contributed by atoms with Crippen molar-refractivity contribution in [3.63, 3.8) is 0 Å². The van der Waals surface area contributed by atoms with Crippen LogP contribution in [0.25, 0.3) is 0 Å². The van der Waals surface area contributed by atoms with Gasteiger partial charge in [0.1, 0.15) is 4.91 Å². The van der Waals surface area contributed by atoms with E-state index < -0.39 is 61.6 Å². The Balaban J connectivity index is 0. The molecular weight excluding hydrogens is 580 g/mol. The normalized spacial score (nSPS) is 14.3. The maximum atomic E-state index is 13.6. The topological polar surface area (TPSA) is 159 Å². The predicted molar refractivity (Wildman–Crippen MR) is 166 cm³/mol. The Labute approximate surface area is 254 Å². The minimum Gasteiger partial charge on any atom is -0.369 e. The van der Waals surface area contributed by atoms with Crippen molar-refractivity contribution in [2.75, 3.05) is 20.0 Å². The number of primary amides is 1. The first kappa shape index (κ1) is 39.6. The average molecular weight is 633 g/mol. The molecule has 0 saturated carbocycles. The molecule has 0 aromatic heterocycles. The molecule has 0 aromatic rings. The van der Waals surface area contributed by atoms with Crippen LogP contribution in [0.2, 0.25) is 0 Å². The molecule has 0 spiro atoms. The SMILES string of the molecule is C=C=C=C=C=C(C(C)CC(CC(CC)C(N)=O)C(=O)NC(CCCCCCCCCC)CS(=O)(=O)OC)S(=O)(=O)OC.[HH]. The molecule has 42 heavy (non-hydrogen) atoms. The van der Waals surface area contributed by atoms with Crippen molar-refractivity contribution < 1.29 is 36.2 Å². The van der Waals surface area contributed by atoms with Crippen LogP contribution in [0.1, 0.15) is 99.2 Å². The lowest BCUT2D eigenvalue weighted by atomic mass is 9.85. The quantitative estimate of drug-likeness (QED) is 0.0916. The molecule has 0 rings (SSSR count). The Kier molecular flexibility index (Phi) is 20.1. The second kappa shape index (κ2) is 21.3. The summed E-state index contributed by atoms with van der Waals surface area (Å²) in [5.41, 5.74) is 15.2. The molecule has 0 aromatic carbocycles. The van der Waals surface area contributed by atoms with Crippen molar-refractivity contribution in [2.24, 2.45) is 23.5 Å². The van der Waals surface area contributed by atoms with Crippen LogP contribution in [0.4, 0.5) is 0 Å². The van der Waals surface area contributed by atoms with E-state index in [0.29, 0.717) is 19.3 Å². The molecular formula is C30H52N2O8S2. The smallest absolute Gasteiger partial charge is 0.301 e. The van der Waals surface area contributed by atoms with Gasteiger partial charge in [-0.25, -0.2) is 0 Å². The number of unbranched alkanes of at least 4 members (excludes halogenated alkanes) is 7. The molecule has 0 fully saturated rings.